The van der Waals surface area contributed by atoms with Crippen molar-refractivity contribution in [1.82, 2.24) is 5.32 Å². The van der Waals surface area contributed by atoms with Crippen LogP contribution in [0.25, 0.3) is 11.1 Å². The Balaban J connectivity index is 1.95. The highest BCUT2D eigenvalue weighted by Crippen LogP contribution is 2.22. The monoisotopic (exact) mass is 366 g/mol. The van der Waals surface area contributed by atoms with E-state index in [1.54, 1.807) is 55.5 Å². The lowest BCUT2D eigenvalue weighted by molar-refractivity contribution is -0.125. The standard InChI is InChI=1S/C21H22N2O4/c1-14(2)21(3,13-22)23-19(25)12-27-20(26)17-6-4-15(5-7-17)16-8-10-18(24)11-9-16/h4-11,14,24H,12H2,1-3H3,(H,23,25)/t21-/m0/s1. The molecule has 2 N–H and O–H groups in total. The summed E-state index contributed by atoms with van der Waals surface area (Å²) in [5.41, 5.74) is 1.08. The van der Waals surface area contributed by atoms with Crippen molar-refractivity contribution in [2.24, 2.45) is 5.92 Å². The average molecular weight is 366 g/mol. The highest BCUT2D eigenvalue weighted by Gasteiger charge is 2.30. The van der Waals surface area contributed by atoms with Gasteiger partial charge in [-0.05, 0) is 48.2 Å². The number of aromatic hydroxyl groups is 1. The summed E-state index contributed by atoms with van der Waals surface area (Å²) in [7, 11) is 0. The molecular formula is C21H22N2O4. The van der Waals surface area contributed by atoms with Gasteiger partial charge in [0.25, 0.3) is 5.91 Å². The number of esters is 1. The minimum absolute atomic E-state index is 0.0883. The summed E-state index contributed by atoms with van der Waals surface area (Å²) in [6, 6.07) is 15.5. The maximum absolute atomic E-state index is 12.1. The lowest BCUT2D eigenvalue weighted by Gasteiger charge is -2.27. The van der Waals surface area contributed by atoms with Crippen molar-refractivity contribution in [1.29, 1.82) is 5.26 Å². The third-order valence-corrected chi connectivity index (χ3v) is 4.44. The van der Waals surface area contributed by atoms with Gasteiger partial charge in [0.2, 0.25) is 0 Å². The maximum Gasteiger partial charge on any atom is 0.338 e. The van der Waals surface area contributed by atoms with E-state index in [1.807, 2.05) is 13.8 Å². The fourth-order valence-electron chi connectivity index (χ4n) is 2.29. The van der Waals surface area contributed by atoms with Gasteiger partial charge in [0.05, 0.1) is 11.6 Å². The van der Waals surface area contributed by atoms with Gasteiger partial charge in [0.1, 0.15) is 11.3 Å². The van der Waals surface area contributed by atoms with Gasteiger partial charge in [-0.1, -0.05) is 38.1 Å². The summed E-state index contributed by atoms with van der Waals surface area (Å²) in [5.74, 6) is -1.05. The molecule has 0 aliphatic carbocycles. The lowest BCUT2D eigenvalue weighted by atomic mass is 9.90. The predicted molar refractivity (Wildman–Crippen MR) is 101 cm³/mol. The minimum Gasteiger partial charge on any atom is -0.508 e. The zero-order chi connectivity index (χ0) is 20.0. The van der Waals surface area contributed by atoms with E-state index < -0.39 is 24.0 Å². The number of amides is 1. The molecule has 0 aromatic heterocycles. The number of rotatable bonds is 6. The van der Waals surface area contributed by atoms with Crippen LogP contribution in [0.5, 0.6) is 5.75 Å². The smallest absolute Gasteiger partial charge is 0.338 e. The van der Waals surface area contributed by atoms with Gasteiger partial charge in [-0.25, -0.2) is 4.79 Å². The molecule has 140 valence electrons. The van der Waals surface area contributed by atoms with Crippen LogP contribution in [0.15, 0.2) is 48.5 Å². The molecule has 0 saturated heterocycles. The molecule has 27 heavy (non-hydrogen) atoms. The molecule has 0 spiro atoms. The quantitative estimate of drug-likeness (QED) is 0.765. The van der Waals surface area contributed by atoms with Crippen LogP contribution >= 0.6 is 0 Å². The Morgan fingerprint density at radius 1 is 1.11 bits per heavy atom. The molecule has 0 unspecified atom stereocenters. The number of hydrogen-bond acceptors (Lipinski definition) is 5. The topological polar surface area (TPSA) is 99.4 Å². The van der Waals surface area contributed by atoms with Crippen molar-refractivity contribution in [3.8, 4) is 22.9 Å². The molecule has 6 heteroatoms. The number of phenols is 1. The van der Waals surface area contributed by atoms with Crippen molar-refractivity contribution in [2.45, 2.75) is 26.3 Å². The van der Waals surface area contributed by atoms with E-state index in [9.17, 15) is 20.0 Å². The Hall–Kier alpha value is -3.33. The van der Waals surface area contributed by atoms with Gasteiger partial charge < -0.3 is 15.2 Å². The van der Waals surface area contributed by atoms with Gasteiger partial charge in [0, 0.05) is 0 Å². The van der Waals surface area contributed by atoms with Crippen LogP contribution in [0.3, 0.4) is 0 Å². The van der Waals surface area contributed by atoms with E-state index in [0.29, 0.717) is 5.56 Å². The molecule has 0 heterocycles. The van der Waals surface area contributed by atoms with Crippen molar-refractivity contribution < 1.29 is 19.4 Å². The lowest BCUT2D eigenvalue weighted by Crippen LogP contribution is -2.50. The molecule has 2 aromatic carbocycles. The molecule has 0 radical (unpaired) electrons. The summed E-state index contributed by atoms with van der Waals surface area (Å²) in [6.07, 6.45) is 0. The zero-order valence-electron chi connectivity index (χ0n) is 15.5. The number of benzene rings is 2. The highest BCUT2D eigenvalue weighted by atomic mass is 16.5. The number of carbonyl (C=O) groups excluding carboxylic acids is 2. The van der Waals surface area contributed by atoms with Crippen molar-refractivity contribution >= 4 is 11.9 Å². The first-order valence-corrected chi connectivity index (χ1v) is 8.54. The fourth-order valence-corrected chi connectivity index (χ4v) is 2.29. The second kappa shape index (κ2) is 8.37. The number of nitriles is 1. The summed E-state index contributed by atoms with van der Waals surface area (Å²) in [4.78, 5) is 24.1. The van der Waals surface area contributed by atoms with Gasteiger partial charge >= 0.3 is 5.97 Å². The van der Waals surface area contributed by atoms with Crippen LogP contribution in [0.1, 0.15) is 31.1 Å². The SMILES string of the molecule is CC(C)[C@](C)(C#N)NC(=O)COC(=O)c1ccc(-c2ccc(O)cc2)cc1. The Labute approximate surface area is 158 Å². The summed E-state index contributed by atoms with van der Waals surface area (Å²) in [6.45, 7) is 4.82. The number of nitrogens with zero attached hydrogens (tertiary/aromatic N) is 1. The van der Waals surface area contributed by atoms with E-state index in [-0.39, 0.29) is 11.7 Å². The molecule has 1 amide bonds. The van der Waals surface area contributed by atoms with E-state index in [4.69, 9.17) is 4.74 Å². The molecule has 2 aromatic rings. The van der Waals surface area contributed by atoms with Gasteiger partial charge in [-0.15, -0.1) is 0 Å². The molecule has 6 nitrogen and oxygen atoms in total. The predicted octanol–water partition coefficient (Wildman–Crippen LogP) is 3.27. The molecule has 1 atom stereocenters. The fraction of sp³-hybridized carbons (Fsp3) is 0.286. The molecule has 2 rings (SSSR count). The number of hydrogen-bond donors (Lipinski definition) is 2. The first-order chi connectivity index (χ1) is 12.7. The van der Waals surface area contributed by atoms with E-state index >= 15 is 0 Å². The Bertz CT molecular complexity index is 851. The molecule has 0 aliphatic rings. The first-order valence-electron chi connectivity index (χ1n) is 8.54. The van der Waals surface area contributed by atoms with Crippen LogP contribution in [-0.2, 0) is 9.53 Å². The number of nitrogens with one attached hydrogen (secondary N) is 1. The Kier molecular flexibility index (Phi) is 6.19. The molecule has 0 bridgehead atoms. The Morgan fingerprint density at radius 2 is 1.63 bits per heavy atom. The van der Waals surface area contributed by atoms with E-state index in [2.05, 4.69) is 11.4 Å². The van der Waals surface area contributed by atoms with Crippen molar-refractivity contribution in [3.63, 3.8) is 0 Å². The largest absolute Gasteiger partial charge is 0.508 e. The number of carbonyl (C=O) groups is 2. The number of ether oxygens (including phenoxy) is 1. The normalized spacial score (nSPS) is 12.7. The number of phenolic OH excluding ortho intramolecular Hbond substituents is 1. The zero-order valence-corrected chi connectivity index (χ0v) is 15.5. The average Bonchev–Trinajstić information content (AvgIpc) is 2.66. The Morgan fingerprint density at radius 3 is 2.11 bits per heavy atom. The van der Waals surface area contributed by atoms with E-state index in [1.165, 1.54) is 0 Å². The van der Waals surface area contributed by atoms with Crippen LogP contribution in [-0.4, -0.2) is 29.1 Å². The second-order valence-corrected chi connectivity index (χ2v) is 6.72. The van der Waals surface area contributed by atoms with Crippen LogP contribution in [0, 0.1) is 17.2 Å². The molecular weight excluding hydrogens is 344 g/mol. The van der Waals surface area contributed by atoms with Crippen LogP contribution in [0.2, 0.25) is 0 Å². The second-order valence-electron chi connectivity index (χ2n) is 6.72. The third-order valence-electron chi connectivity index (χ3n) is 4.44. The summed E-state index contributed by atoms with van der Waals surface area (Å²) in [5, 5.41) is 21.1. The van der Waals surface area contributed by atoms with Gasteiger partial charge in [-0.3, -0.25) is 4.79 Å². The van der Waals surface area contributed by atoms with Crippen LogP contribution in [0.4, 0.5) is 0 Å². The highest BCUT2D eigenvalue weighted by molar-refractivity contribution is 5.92. The molecule has 0 saturated carbocycles. The van der Waals surface area contributed by atoms with Crippen LogP contribution < -0.4 is 5.32 Å². The van der Waals surface area contributed by atoms with Crippen molar-refractivity contribution in [3.05, 3.63) is 54.1 Å². The van der Waals surface area contributed by atoms with E-state index in [0.717, 1.165) is 11.1 Å². The molecule has 0 aliphatic heterocycles. The minimum atomic E-state index is -1.02. The van der Waals surface area contributed by atoms with Gasteiger partial charge in [0.15, 0.2) is 6.61 Å². The summed E-state index contributed by atoms with van der Waals surface area (Å²) >= 11 is 0. The summed E-state index contributed by atoms with van der Waals surface area (Å²) < 4.78 is 5.03. The van der Waals surface area contributed by atoms with Crippen molar-refractivity contribution in [2.75, 3.05) is 6.61 Å². The third kappa shape index (κ3) is 5.08. The maximum atomic E-state index is 12.1. The van der Waals surface area contributed by atoms with Gasteiger partial charge in [-0.2, -0.15) is 5.26 Å². The molecule has 0 fully saturated rings. The first kappa shape index (κ1) is 20.0.